The predicted octanol–water partition coefficient (Wildman–Crippen LogP) is 1.53. The molecule has 1 aliphatic rings. The lowest BCUT2D eigenvalue weighted by atomic mass is 10.1. The standard InChI is InChI=1S/C13H15FN2O4/c14-9-1-3-10(4-2-9)15-13(19)16-5-6-20-8-11(16)7-12(17)18/h1-4,11H,5-8H2,(H,15,19)(H,17,18). The Labute approximate surface area is 115 Å². The van der Waals surface area contributed by atoms with Crippen LogP contribution < -0.4 is 5.32 Å². The molecule has 2 N–H and O–H groups in total. The van der Waals surface area contributed by atoms with Gasteiger partial charge < -0.3 is 20.1 Å². The zero-order chi connectivity index (χ0) is 14.5. The Morgan fingerprint density at radius 3 is 2.75 bits per heavy atom. The molecule has 2 amide bonds. The normalized spacial score (nSPS) is 18.6. The summed E-state index contributed by atoms with van der Waals surface area (Å²) in [5, 5.41) is 11.4. The average Bonchev–Trinajstić information content (AvgIpc) is 2.41. The molecule has 6 nitrogen and oxygen atoms in total. The fourth-order valence-corrected chi connectivity index (χ4v) is 2.02. The molecule has 0 saturated carbocycles. The minimum atomic E-state index is -0.986. The zero-order valence-electron chi connectivity index (χ0n) is 10.7. The van der Waals surface area contributed by atoms with Crippen molar-refractivity contribution in [3.63, 3.8) is 0 Å². The Balaban J connectivity index is 2.01. The molecule has 1 atom stereocenters. The van der Waals surface area contributed by atoms with Crippen LogP contribution in [0.2, 0.25) is 0 Å². The summed E-state index contributed by atoms with van der Waals surface area (Å²) in [5.41, 5.74) is 0.456. The third kappa shape index (κ3) is 3.67. The zero-order valence-corrected chi connectivity index (χ0v) is 10.7. The van der Waals surface area contributed by atoms with E-state index in [1.54, 1.807) is 0 Å². The van der Waals surface area contributed by atoms with Gasteiger partial charge in [-0.15, -0.1) is 0 Å². The summed E-state index contributed by atoms with van der Waals surface area (Å²) in [5.74, 6) is -1.38. The number of urea groups is 1. The van der Waals surface area contributed by atoms with Crippen LogP contribution in [0.1, 0.15) is 6.42 Å². The van der Waals surface area contributed by atoms with Crippen LogP contribution in [-0.2, 0) is 9.53 Å². The van der Waals surface area contributed by atoms with Crippen molar-refractivity contribution >= 4 is 17.7 Å². The van der Waals surface area contributed by atoms with E-state index < -0.39 is 23.9 Å². The first-order chi connectivity index (χ1) is 9.56. The van der Waals surface area contributed by atoms with Crippen LogP contribution in [0, 0.1) is 5.82 Å². The van der Waals surface area contributed by atoms with E-state index in [0.717, 1.165) is 0 Å². The van der Waals surface area contributed by atoms with Crippen molar-refractivity contribution in [2.24, 2.45) is 0 Å². The number of nitrogens with zero attached hydrogens (tertiary/aromatic N) is 1. The lowest BCUT2D eigenvalue weighted by Crippen LogP contribution is -2.51. The number of hydrogen-bond donors (Lipinski definition) is 2. The number of carbonyl (C=O) groups is 2. The molecule has 7 heteroatoms. The first-order valence-electron chi connectivity index (χ1n) is 6.19. The monoisotopic (exact) mass is 282 g/mol. The number of nitrogens with one attached hydrogen (secondary N) is 1. The molecule has 0 bridgehead atoms. The van der Waals surface area contributed by atoms with Crippen LogP contribution in [0.3, 0.4) is 0 Å². The smallest absolute Gasteiger partial charge is 0.322 e. The topological polar surface area (TPSA) is 78.9 Å². The summed E-state index contributed by atoms with van der Waals surface area (Å²) in [7, 11) is 0. The number of benzene rings is 1. The second kappa shape index (κ2) is 6.33. The molecule has 1 fully saturated rings. The highest BCUT2D eigenvalue weighted by atomic mass is 19.1. The molecular weight excluding hydrogens is 267 g/mol. The number of halogens is 1. The van der Waals surface area contributed by atoms with Crippen LogP contribution in [-0.4, -0.2) is 47.8 Å². The van der Waals surface area contributed by atoms with Crippen LogP contribution in [0.4, 0.5) is 14.9 Å². The van der Waals surface area contributed by atoms with Gasteiger partial charge in [-0.3, -0.25) is 4.79 Å². The Hall–Kier alpha value is -2.15. The van der Waals surface area contributed by atoms with Crippen molar-refractivity contribution in [3.05, 3.63) is 30.1 Å². The first kappa shape index (κ1) is 14.3. The van der Waals surface area contributed by atoms with Crippen molar-refractivity contribution < 1.29 is 23.8 Å². The van der Waals surface area contributed by atoms with E-state index in [9.17, 15) is 14.0 Å². The van der Waals surface area contributed by atoms with Gasteiger partial charge in [-0.1, -0.05) is 0 Å². The Morgan fingerprint density at radius 1 is 1.40 bits per heavy atom. The van der Waals surface area contributed by atoms with E-state index in [4.69, 9.17) is 9.84 Å². The van der Waals surface area contributed by atoms with Crippen LogP contribution in [0.25, 0.3) is 0 Å². The quantitative estimate of drug-likeness (QED) is 0.881. The number of rotatable bonds is 3. The second-order valence-electron chi connectivity index (χ2n) is 4.46. The van der Waals surface area contributed by atoms with E-state index >= 15 is 0 Å². The van der Waals surface area contributed by atoms with Gasteiger partial charge in [0.15, 0.2) is 0 Å². The van der Waals surface area contributed by atoms with Crippen LogP contribution in [0.15, 0.2) is 24.3 Å². The maximum atomic E-state index is 12.8. The number of carboxylic acid groups (broad SMARTS) is 1. The third-order valence-corrected chi connectivity index (χ3v) is 2.99. The van der Waals surface area contributed by atoms with Gasteiger partial charge in [0.2, 0.25) is 0 Å². The highest BCUT2D eigenvalue weighted by Crippen LogP contribution is 2.14. The average molecular weight is 282 g/mol. The highest BCUT2D eigenvalue weighted by Gasteiger charge is 2.29. The second-order valence-corrected chi connectivity index (χ2v) is 4.46. The molecule has 108 valence electrons. The van der Waals surface area contributed by atoms with Crippen molar-refractivity contribution in [2.75, 3.05) is 25.1 Å². The maximum absolute atomic E-state index is 12.8. The fourth-order valence-electron chi connectivity index (χ4n) is 2.02. The lowest BCUT2D eigenvalue weighted by Gasteiger charge is -2.34. The molecule has 0 spiro atoms. The Kier molecular flexibility index (Phi) is 4.52. The van der Waals surface area contributed by atoms with Gasteiger partial charge in [-0.2, -0.15) is 0 Å². The molecule has 2 rings (SSSR count). The molecule has 1 aromatic rings. The Bertz CT molecular complexity index is 492. The van der Waals surface area contributed by atoms with E-state index in [-0.39, 0.29) is 13.0 Å². The molecule has 1 unspecified atom stereocenters. The van der Waals surface area contributed by atoms with Crippen molar-refractivity contribution in [1.82, 2.24) is 4.90 Å². The van der Waals surface area contributed by atoms with Crippen LogP contribution >= 0.6 is 0 Å². The van der Waals surface area contributed by atoms with Crippen molar-refractivity contribution in [1.29, 1.82) is 0 Å². The SMILES string of the molecule is O=C(O)CC1COCCN1C(=O)Nc1ccc(F)cc1. The van der Waals surface area contributed by atoms with E-state index in [1.807, 2.05) is 0 Å². The van der Waals surface area contributed by atoms with Gasteiger partial charge in [-0.05, 0) is 24.3 Å². The lowest BCUT2D eigenvalue weighted by molar-refractivity contribution is -0.139. The number of amides is 2. The molecule has 1 heterocycles. The predicted molar refractivity (Wildman–Crippen MR) is 69.0 cm³/mol. The van der Waals surface area contributed by atoms with E-state index in [2.05, 4.69) is 5.32 Å². The fraction of sp³-hybridized carbons (Fsp3) is 0.385. The molecule has 0 aliphatic carbocycles. The van der Waals surface area contributed by atoms with Gasteiger partial charge in [0.1, 0.15) is 5.82 Å². The van der Waals surface area contributed by atoms with Crippen LogP contribution in [0.5, 0.6) is 0 Å². The minimum Gasteiger partial charge on any atom is -0.481 e. The highest BCUT2D eigenvalue weighted by molar-refractivity contribution is 5.89. The minimum absolute atomic E-state index is 0.170. The molecule has 0 aromatic heterocycles. The number of aliphatic carboxylic acids is 1. The first-order valence-corrected chi connectivity index (χ1v) is 6.19. The van der Waals surface area contributed by atoms with Crippen molar-refractivity contribution in [3.8, 4) is 0 Å². The number of carbonyl (C=O) groups excluding carboxylic acids is 1. The van der Waals surface area contributed by atoms with Gasteiger partial charge in [0.25, 0.3) is 0 Å². The molecule has 0 radical (unpaired) electrons. The maximum Gasteiger partial charge on any atom is 0.322 e. The van der Waals surface area contributed by atoms with Gasteiger partial charge in [0.05, 0.1) is 25.7 Å². The molecule has 1 saturated heterocycles. The molecule has 1 aliphatic heterocycles. The molecule has 20 heavy (non-hydrogen) atoms. The molecular formula is C13H15FN2O4. The number of hydrogen-bond acceptors (Lipinski definition) is 3. The number of carboxylic acids is 1. The van der Waals surface area contributed by atoms with Gasteiger partial charge >= 0.3 is 12.0 Å². The summed E-state index contributed by atoms with van der Waals surface area (Å²) in [6.07, 6.45) is -0.170. The van der Waals surface area contributed by atoms with E-state index in [1.165, 1.54) is 29.2 Å². The van der Waals surface area contributed by atoms with Gasteiger partial charge in [-0.25, -0.2) is 9.18 Å². The summed E-state index contributed by atoms with van der Waals surface area (Å²) in [4.78, 5) is 24.3. The number of anilines is 1. The van der Waals surface area contributed by atoms with E-state index in [0.29, 0.717) is 18.8 Å². The summed E-state index contributed by atoms with van der Waals surface area (Å²) >= 11 is 0. The Morgan fingerprint density at radius 2 is 2.10 bits per heavy atom. The van der Waals surface area contributed by atoms with Gasteiger partial charge in [0, 0.05) is 12.2 Å². The largest absolute Gasteiger partial charge is 0.481 e. The van der Waals surface area contributed by atoms with Crippen molar-refractivity contribution in [2.45, 2.75) is 12.5 Å². The molecule has 1 aromatic carbocycles. The number of morpholine rings is 1. The summed E-state index contributed by atoms with van der Waals surface area (Å²) in [6, 6.07) is 4.46. The third-order valence-electron chi connectivity index (χ3n) is 2.99. The number of ether oxygens (including phenoxy) is 1. The summed E-state index contributed by atoms with van der Waals surface area (Å²) < 4.78 is 18.0. The summed E-state index contributed by atoms with van der Waals surface area (Å²) in [6.45, 7) is 0.890.